The van der Waals surface area contributed by atoms with Gasteiger partial charge in [-0.05, 0) is 31.9 Å². The Kier molecular flexibility index (Phi) is 3.25. The van der Waals surface area contributed by atoms with Gasteiger partial charge in [0.1, 0.15) is 23.3 Å². The summed E-state index contributed by atoms with van der Waals surface area (Å²) in [5.41, 5.74) is -0.674. The zero-order valence-electron chi connectivity index (χ0n) is 12.9. The van der Waals surface area contributed by atoms with Crippen molar-refractivity contribution >= 4 is 6.09 Å². The van der Waals surface area contributed by atoms with Gasteiger partial charge in [-0.1, -0.05) is 24.3 Å². The van der Waals surface area contributed by atoms with Crippen LogP contribution in [0.2, 0.25) is 0 Å². The first kappa shape index (κ1) is 15.3. The first-order valence-corrected chi connectivity index (χ1v) is 7.33. The van der Waals surface area contributed by atoms with Crippen LogP contribution in [0.1, 0.15) is 37.9 Å². The zero-order chi connectivity index (χ0) is 16.3. The van der Waals surface area contributed by atoms with E-state index in [1.807, 2.05) is 0 Å². The lowest BCUT2D eigenvalue weighted by molar-refractivity contribution is -0.0487. The lowest BCUT2D eigenvalue weighted by Crippen LogP contribution is -2.52. The predicted octanol–water partition coefficient (Wildman–Crippen LogP) is 0.901. The number of carbonyl (C=O) groups is 1. The third-order valence-corrected chi connectivity index (χ3v) is 4.42. The van der Waals surface area contributed by atoms with Crippen LogP contribution < -0.4 is 0 Å². The zero-order valence-corrected chi connectivity index (χ0v) is 12.9. The highest BCUT2D eigenvalue weighted by Gasteiger charge is 2.67. The molecule has 0 saturated carbocycles. The molecule has 0 spiro atoms. The van der Waals surface area contributed by atoms with E-state index in [4.69, 9.17) is 4.74 Å². The van der Waals surface area contributed by atoms with Gasteiger partial charge in [0.25, 0.3) is 0 Å². The van der Waals surface area contributed by atoms with Gasteiger partial charge in [0.2, 0.25) is 0 Å². The number of hydrogen-bond acceptors (Lipinski definition) is 5. The van der Waals surface area contributed by atoms with Crippen LogP contribution in [-0.2, 0) is 10.3 Å². The molecule has 1 amide bonds. The van der Waals surface area contributed by atoms with Crippen LogP contribution in [0.3, 0.4) is 0 Å². The summed E-state index contributed by atoms with van der Waals surface area (Å²) >= 11 is 0. The molecule has 4 atom stereocenters. The first-order chi connectivity index (χ1) is 10.2. The lowest BCUT2D eigenvalue weighted by atomic mass is 9.78. The van der Waals surface area contributed by atoms with Crippen molar-refractivity contribution in [2.45, 2.75) is 50.2 Å². The largest absolute Gasteiger partial charge is 0.444 e. The molecule has 1 fully saturated rings. The number of amides is 1. The average molecular weight is 307 g/mol. The van der Waals surface area contributed by atoms with Gasteiger partial charge in [0, 0.05) is 0 Å². The van der Waals surface area contributed by atoms with Crippen LogP contribution in [0.15, 0.2) is 24.3 Å². The second-order valence-electron chi connectivity index (χ2n) is 6.90. The van der Waals surface area contributed by atoms with Crippen molar-refractivity contribution in [3.8, 4) is 0 Å². The molecule has 0 radical (unpaired) electrons. The topological polar surface area (TPSA) is 90.2 Å². The normalized spacial score (nSPS) is 33.0. The van der Waals surface area contributed by atoms with E-state index in [0.29, 0.717) is 5.56 Å². The van der Waals surface area contributed by atoms with Crippen molar-refractivity contribution < 1.29 is 24.9 Å². The van der Waals surface area contributed by atoms with Crippen LogP contribution in [0, 0.1) is 0 Å². The van der Waals surface area contributed by atoms with Crippen LogP contribution in [-0.4, -0.2) is 50.7 Å². The first-order valence-electron chi connectivity index (χ1n) is 7.33. The number of aliphatic hydroxyl groups is 3. The third kappa shape index (κ3) is 1.81. The van der Waals surface area contributed by atoms with Crippen molar-refractivity contribution in [2.75, 3.05) is 6.61 Å². The summed E-state index contributed by atoms with van der Waals surface area (Å²) in [5.74, 6) is 0. The minimum Gasteiger partial charge on any atom is -0.444 e. The molecule has 22 heavy (non-hydrogen) atoms. The summed E-state index contributed by atoms with van der Waals surface area (Å²) in [6.07, 6.45) is -3.07. The molecule has 0 aliphatic carbocycles. The molecule has 1 aromatic rings. The Balaban J connectivity index is 2.11. The number of carbonyl (C=O) groups excluding carboxylic acids is 1. The summed E-state index contributed by atoms with van der Waals surface area (Å²) in [6, 6.07) is 6.43. The van der Waals surface area contributed by atoms with Gasteiger partial charge in [-0.2, -0.15) is 0 Å². The van der Waals surface area contributed by atoms with Crippen molar-refractivity contribution in [2.24, 2.45) is 0 Å². The maximum atomic E-state index is 12.6. The Morgan fingerprint density at radius 2 is 1.95 bits per heavy atom. The summed E-state index contributed by atoms with van der Waals surface area (Å²) < 4.78 is 5.41. The fourth-order valence-electron chi connectivity index (χ4n) is 3.60. The molecule has 3 rings (SSSR count). The van der Waals surface area contributed by atoms with E-state index in [1.54, 1.807) is 45.0 Å². The fourth-order valence-corrected chi connectivity index (χ4v) is 3.60. The highest BCUT2D eigenvalue weighted by Crippen LogP contribution is 2.57. The van der Waals surface area contributed by atoms with Crippen LogP contribution in [0.5, 0.6) is 0 Å². The SMILES string of the molecule is CC(C)(C)OC(=O)N1C2c3ccccc3C1(CO)C(O)C2O. The molecular formula is C16H21NO5. The molecule has 120 valence electrons. The number of fused-ring (bicyclic) bond motifs is 5. The Morgan fingerprint density at radius 1 is 1.32 bits per heavy atom. The Hall–Kier alpha value is -1.63. The van der Waals surface area contributed by atoms with E-state index in [0.717, 1.165) is 5.56 Å². The molecule has 2 heterocycles. The number of benzene rings is 1. The van der Waals surface area contributed by atoms with Crippen molar-refractivity contribution in [1.29, 1.82) is 0 Å². The Labute approximate surface area is 128 Å². The molecule has 2 aliphatic heterocycles. The van der Waals surface area contributed by atoms with Gasteiger partial charge < -0.3 is 20.1 Å². The fraction of sp³-hybridized carbons (Fsp3) is 0.562. The second kappa shape index (κ2) is 4.68. The Morgan fingerprint density at radius 3 is 2.55 bits per heavy atom. The van der Waals surface area contributed by atoms with Gasteiger partial charge in [0.15, 0.2) is 0 Å². The molecular weight excluding hydrogens is 286 g/mol. The molecule has 2 bridgehead atoms. The van der Waals surface area contributed by atoms with E-state index < -0.39 is 42.1 Å². The second-order valence-corrected chi connectivity index (χ2v) is 6.90. The smallest absolute Gasteiger partial charge is 0.411 e. The Bertz CT molecular complexity index is 611. The van der Waals surface area contributed by atoms with Crippen molar-refractivity contribution in [1.82, 2.24) is 4.90 Å². The molecule has 1 aromatic carbocycles. The van der Waals surface area contributed by atoms with Crippen LogP contribution in [0.4, 0.5) is 4.79 Å². The highest BCUT2D eigenvalue weighted by atomic mass is 16.6. The minimum absolute atomic E-state index is 0.488. The molecule has 6 heteroatoms. The van der Waals surface area contributed by atoms with Crippen molar-refractivity contribution in [3.05, 3.63) is 35.4 Å². The predicted molar refractivity (Wildman–Crippen MR) is 78.0 cm³/mol. The van der Waals surface area contributed by atoms with E-state index in [2.05, 4.69) is 0 Å². The molecule has 2 aliphatic rings. The maximum absolute atomic E-state index is 12.6. The van der Waals surface area contributed by atoms with Gasteiger partial charge in [-0.3, -0.25) is 4.90 Å². The minimum atomic E-state index is -1.36. The summed E-state index contributed by atoms with van der Waals surface area (Å²) in [5, 5.41) is 30.8. The van der Waals surface area contributed by atoms with Crippen LogP contribution >= 0.6 is 0 Å². The number of nitrogens with zero attached hydrogens (tertiary/aromatic N) is 1. The number of hydrogen-bond donors (Lipinski definition) is 3. The number of rotatable bonds is 1. The third-order valence-electron chi connectivity index (χ3n) is 4.42. The van der Waals surface area contributed by atoms with E-state index in [1.165, 1.54) is 4.90 Å². The van der Waals surface area contributed by atoms with Gasteiger partial charge >= 0.3 is 6.09 Å². The van der Waals surface area contributed by atoms with E-state index in [9.17, 15) is 20.1 Å². The molecule has 6 nitrogen and oxygen atoms in total. The monoisotopic (exact) mass is 307 g/mol. The molecule has 4 unspecified atom stereocenters. The molecule has 1 saturated heterocycles. The van der Waals surface area contributed by atoms with Crippen molar-refractivity contribution in [3.63, 3.8) is 0 Å². The number of ether oxygens (including phenoxy) is 1. The number of aliphatic hydroxyl groups excluding tert-OH is 3. The van der Waals surface area contributed by atoms with E-state index in [-0.39, 0.29) is 0 Å². The standard InChI is InChI=1S/C16H21NO5/c1-15(2,3)22-14(21)17-11-9-6-4-5-7-10(9)16(17,8-18)13(20)12(11)19/h4-7,11-13,18-20H,8H2,1-3H3. The van der Waals surface area contributed by atoms with Crippen LogP contribution in [0.25, 0.3) is 0 Å². The highest BCUT2D eigenvalue weighted by molar-refractivity contribution is 5.74. The summed E-state index contributed by atoms with van der Waals surface area (Å²) in [7, 11) is 0. The quantitative estimate of drug-likeness (QED) is 0.717. The average Bonchev–Trinajstić information content (AvgIpc) is 2.86. The van der Waals surface area contributed by atoms with Gasteiger partial charge in [-0.15, -0.1) is 0 Å². The molecule has 3 N–H and O–H groups in total. The summed E-state index contributed by atoms with van der Waals surface area (Å²) in [6.45, 7) is 4.75. The summed E-state index contributed by atoms with van der Waals surface area (Å²) in [4.78, 5) is 13.9. The van der Waals surface area contributed by atoms with Gasteiger partial charge in [0.05, 0.1) is 12.6 Å². The maximum Gasteiger partial charge on any atom is 0.411 e. The van der Waals surface area contributed by atoms with Gasteiger partial charge in [-0.25, -0.2) is 4.79 Å². The lowest BCUT2D eigenvalue weighted by Gasteiger charge is -2.37. The molecule has 0 aromatic heterocycles. The van der Waals surface area contributed by atoms with E-state index >= 15 is 0 Å².